The Balaban J connectivity index is 3.32. The second-order valence-electron chi connectivity index (χ2n) is 6.90. The van der Waals surface area contributed by atoms with Crippen molar-refractivity contribution in [1.29, 1.82) is 0 Å². The van der Waals surface area contributed by atoms with Gasteiger partial charge in [0.15, 0.2) is 0 Å². The van der Waals surface area contributed by atoms with Crippen molar-refractivity contribution in [3.05, 3.63) is 28.8 Å². The summed E-state index contributed by atoms with van der Waals surface area (Å²) >= 11 is 0. The smallest absolute Gasteiger partial charge is 0.124 e. The molecule has 0 saturated heterocycles. The highest BCUT2D eigenvalue weighted by molar-refractivity contribution is 5.45. The molecule has 0 fully saturated rings. The monoisotopic (exact) mass is 234 g/mol. The molecule has 1 nitrogen and oxygen atoms in total. The molecule has 0 atom stereocenters. The summed E-state index contributed by atoms with van der Waals surface area (Å²) in [6.07, 6.45) is 0. The third kappa shape index (κ3) is 3.76. The van der Waals surface area contributed by atoms with Crippen LogP contribution in [-0.4, -0.2) is 5.60 Å². The molecular weight excluding hydrogens is 208 g/mol. The van der Waals surface area contributed by atoms with Crippen LogP contribution in [0.1, 0.15) is 58.2 Å². The minimum absolute atomic E-state index is 0.110. The van der Waals surface area contributed by atoms with E-state index in [2.05, 4.69) is 67.5 Å². The standard InChI is InChI=1S/C16H26O/c1-11-9-13(15(3,4)5)14(10-12(11)2)17-16(6,7)8/h9-10H,1-8H3. The fourth-order valence-electron chi connectivity index (χ4n) is 1.79. The molecule has 0 spiro atoms. The Kier molecular flexibility index (Phi) is 3.61. The lowest BCUT2D eigenvalue weighted by Gasteiger charge is -2.29. The van der Waals surface area contributed by atoms with E-state index < -0.39 is 0 Å². The second-order valence-corrected chi connectivity index (χ2v) is 6.90. The fraction of sp³-hybridized carbons (Fsp3) is 0.625. The van der Waals surface area contributed by atoms with Crippen LogP contribution in [0.4, 0.5) is 0 Å². The van der Waals surface area contributed by atoms with E-state index in [-0.39, 0.29) is 11.0 Å². The highest BCUT2D eigenvalue weighted by atomic mass is 16.5. The van der Waals surface area contributed by atoms with Crippen LogP contribution in [0.3, 0.4) is 0 Å². The Morgan fingerprint density at radius 2 is 1.29 bits per heavy atom. The van der Waals surface area contributed by atoms with Crippen LogP contribution in [0.25, 0.3) is 0 Å². The van der Waals surface area contributed by atoms with Gasteiger partial charge in [-0.05, 0) is 62.8 Å². The molecule has 1 aromatic carbocycles. The van der Waals surface area contributed by atoms with Gasteiger partial charge in [0, 0.05) is 0 Å². The minimum atomic E-state index is -0.151. The zero-order valence-electron chi connectivity index (χ0n) is 12.6. The number of benzene rings is 1. The number of aryl methyl sites for hydroxylation is 2. The number of hydrogen-bond donors (Lipinski definition) is 0. The summed E-state index contributed by atoms with van der Waals surface area (Å²) in [5, 5.41) is 0. The molecule has 0 N–H and O–H groups in total. The third-order valence-electron chi connectivity index (χ3n) is 2.82. The van der Waals surface area contributed by atoms with E-state index in [9.17, 15) is 0 Å². The highest BCUT2D eigenvalue weighted by Crippen LogP contribution is 2.35. The summed E-state index contributed by atoms with van der Waals surface area (Å²) in [6.45, 7) is 17.3. The molecule has 17 heavy (non-hydrogen) atoms. The van der Waals surface area contributed by atoms with Crippen molar-refractivity contribution in [2.75, 3.05) is 0 Å². The molecule has 0 aliphatic carbocycles. The first-order valence-corrected chi connectivity index (χ1v) is 6.31. The van der Waals surface area contributed by atoms with Gasteiger partial charge in [-0.25, -0.2) is 0 Å². The van der Waals surface area contributed by atoms with E-state index in [0.717, 1.165) is 5.75 Å². The molecule has 0 bridgehead atoms. The Hall–Kier alpha value is -0.980. The summed E-state index contributed by atoms with van der Waals surface area (Å²) in [5.74, 6) is 1.02. The Morgan fingerprint density at radius 3 is 1.71 bits per heavy atom. The fourth-order valence-corrected chi connectivity index (χ4v) is 1.79. The van der Waals surface area contributed by atoms with Crippen molar-refractivity contribution < 1.29 is 4.74 Å². The van der Waals surface area contributed by atoms with E-state index in [1.807, 2.05) is 0 Å². The largest absolute Gasteiger partial charge is 0.488 e. The number of hydrogen-bond acceptors (Lipinski definition) is 1. The van der Waals surface area contributed by atoms with Gasteiger partial charge in [-0.3, -0.25) is 0 Å². The lowest BCUT2D eigenvalue weighted by molar-refractivity contribution is 0.127. The summed E-state index contributed by atoms with van der Waals surface area (Å²) in [4.78, 5) is 0. The molecule has 1 heteroatoms. The average molecular weight is 234 g/mol. The molecule has 0 aromatic heterocycles. The lowest BCUT2D eigenvalue weighted by Crippen LogP contribution is -2.25. The SMILES string of the molecule is Cc1cc(OC(C)(C)C)c(C(C)(C)C)cc1C. The van der Waals surface area contributed by atoms with Crippen LogP contribution in [0, 0.1) is 13.8 Å². The van der Waals surface area contributed by atoms with E-state index in [1.54, 1.807) is 0 Å². The molecule has 0 unspecified atom stereocenters. The van der Waals surface area contributed by atoms with Gasteiger partial charge >= 0.3 is 0 Å². The average Bonchev–Trinajstić information content (AvgIpc) is 2.06. The summed E-state index contributed by atoms with van der Waals surface area (Å²) in [5.41, 5.74) is 3.87. The molecule has 1 aromatic rings. The zero-order valence-corrected chi connectivity index (χ0v) is 12.6. The van der Waals surface area contributed by atoms with Gasteiger partial charge in [0.25, 0.3) is 0 Å². The first kappa shape index (κ1) is 14.1. The van der Waals surface area contributed by atoms with Gasteiger partial charge in [-0.2, -0.15) is 0 Å². The van der Waals surface area contributed by atoms with Crippen LogP contribution in [0.2, 0.25) is 0 Å². The molecule has 0 radical (unpaired) electrons. The topological polar surface area (TPSA) is 9.23 Å². The summed E-state index contributed by atoms with van der Waals surface area (Å²) < 4.78 is 6.10. The van der Waals surface area contributed by atoms with Gasteiger partial charge in [0.05, 0.1) is 0 Å². The van der Waals surface area contributed by atoms with E-state index in [0.29, 0.717) is 0 Å². The van der Waals surface area contributed by atoms with Crippen LogP contribution < -0.4 is 4.74 Å². The normalized spacial score (nSPS) is 12.7. The molecule has 0 amide bonds. The number of rotatable bonds is 1. The predicted molar refractivity (Wildman–Crippen MR) is 75.0 cm³/mol. The van der Waals surface area contributed by atoms with Crippen molar-refractivity contribution >= 4 is 0 Å². The molecule has 96 valence electrons. The molecule has 0 saturated carbocycles. The van der Waals surface area contributed by atoms with Crippen LogP contribution in [-0.2, 0) is 5.41 Å². The van der Waals surface area contributed by atoms with Crippen LogP contribution >= 0.6 is 0 Å². The summed E-state index contributed by atoms with van der Waals surface area (Å²) in [6, 6.07) is 4.43. The first-order valence-electron chi connectivity index (χ1n) is 6.31. The van der Waals surface area contributed by atoms with Gasteiger partial charge in [-0.1, -0.05) is 26.8 Å². The molecule has 1 rings (SSSR count). The van der Waals surface area contributed by atoms with Crippen LogP contribution in [0.15, 0.2) is 12.1 Å². The molecule has 0 aliphatic heterocycles. The predicted octanol–water partition coefficient (Wildman–Crippen LogP) is 4.78. The van der Waals surface area contributed by atoms with E-state index in [1.165, 1.54) is 16.7 Å². The van der Waals surface area contributed by atoms with E-state index in [4.69, 9.17) is 4.74 Å². The van der Waals surface area contributed by atoms with Gasteiger partial charge in [-0.15, -0.1) is 0 Å². The van der Waals surface area contributed by atoms with Crippen molar-refractivity contribution in [3.8, 4) is 5.75 Å². The first-order chi connectivity index (χ1) is 7.50. The van der Waals surface area contributed by atoms with Gasteiger partial charge in [0.2, 0.25) is 0 Å². The van der Waals surface area contributed by atoms with Crippen molar-refractivity contribution in [2.24, 2.45) is 0 Å². The Bertz CT molecular complexity index is 403. The maximum absolute atomic E-state index is 6.10. The van der Waals surface area contributed by atoms with Gasteiger partial charge in [0.1, 0.15) is 11.4 Å². The molecular formula is C16H26O. The second kappa shape index (κ2) is 4.36. The van der Waals surface area contributed by atoms with Crippen molar-refractivity contribution in [1.82, 2.24) is 0 Å². The molecule has 0 aliphatic rings. The summed E-state index contributed by atoms with van der Waals surface area (Å²) in [7, 11) is 0. The number of ether oxygens (including phenoxy) is 1. The lowest BCUT2D eigenvalue weighted by atomic mass is 9.84. The van der Waals surface area contributed by atoms with Crippen molar-refractivity contribution in [3.63, 3.8) is 0 Å². The Morgan fingerprint density at radius 1 is 0.824 bits per heavy atom. The minimum Gasteiger partial charge on any atom is -0.488 e. The van der Waals surface area contributed by atoms with Crippen LogP contribution in [0.5, 0.6) is 5.75 Å². The third-order valence-corrected chi connectivity index (χ3v) is 2.82. The zero-order chi connectivity index (χ0) is 13.4. The highest BCUT2D eigenvalue weighted by Gasteiger charge is 2.23. The molecule has 0 heterocycles. The Labute approximate surface area is 106 Å². The van der Waals surface area contributed by atoms with E-state index >= 15 is 0 Å². The van der Waals surface area contributed by atoms with Gasteiger partial charge < -0.3 is 4.74 Å². The maximum atomic E-state index is 6.10. The van der Waals surface area contributed by atoms with Crippen molar-refractivity contribution in [2.45, 2.75) is 66.4 Å². The maximum Gasteiger partial charge on any atom is 0.124 e. The quantitative estimate of drug-likeness (QED) is 0.679.